The Morgan fingerprint density at radius 2 is 1.27 bits per heavy atom. The number of benzene rings is 2. The van der Waals surface area contributed by atoms with Gasteiger partial charge in [-0.2, -0.15) is 0 Å². The minimum absolute atomic E-state index is 0.189. The zero-order valence-electron chi connectivity index (χ0n) is 19.4. The number of aromatic hydroxyl groups is 2. The topological polar surface area (TPSA) is 58.9 Å². The van der Waals surface area contributed by atoms with Crippen molar-refractivity contribution < 1.29 is 19.1 Å². The lowest BCUT2D eigenvalue weighted by Crippen LogP contribution is -2.44. The number of hydrogen-bond acceptors (Lipinski definition) is 4. The number of methoxy groups -OCH3 is 1. The zero-order chi connectivity index (χ0) is 22.4. The molecule has 4 nitrogen and oxygen atoms in total. The van der Waals surface area contributed by atoms with Gasteiger partial charge in [-0.15, -0.1) is 0 Å². The van der Waals surface area contributed by atoms with Crippen molar-refractivity contribution in [3.05, 3.63) is 53.1 Å². The van der Waals surface area contributed by atoms with E-state index < -0.39 is 16.6 Å². The molecule has 0 aliphatic rings. The highest BCUT2D eigenvalue weighted by molar-refractivity contribution is 6.84. The van der Waals surface area contributed by atoms with Crippen molar-refractivity contribution in [2.24, 2.45) is 0 Å². The van der Waals surface area contributed by atoms with Crippen molar-refractivity contribution in [1.29, 1.82) is 0 Å². The molecule has 2 N–H and O–H groups in total. The monoisotopic (exact) mass is 446 g/mol. The minimum Gasteiger partial charge on any atom is -0.508 e. The van der Waals surface area contributed by atoms with Crippen LogP contribution in [0.3, 0.4) is 0 Å². The average Bonchev–Trinajstić information content (AvgIpc) is 2.64. The van der Waals surface area contributed by atoms with E-state index in [2.05, 4.69) is 32.3 Å². The third-order valence-electron chi connectivity index (χ3n) is 5.55. The van der Waals surface area contributed by atoms with Gasteiger partial charge in [0.15, 0.2) is 28.1 Å². The number of ether oxygens (including phenoxy) is 1. The molecular weight excluding hydrogens is 408 g/mol. The summed E-state index contributed by atoms with van der Waals surface area (Å²) in [4.78, 5) is 0. The summed E-state index contributed by atoms with van der Waals surface area (Å²) in [6.07, 6.45) is 4.22. The lowest BCUT2D eigenvalue weighted by Gasteiger charge is -2.34. The molecule has 6 heteroatoms. The van der Waals surface area contributed by atoms with Gasteiger partial charge in [0, 0.05) is 0 Å². The van der Waals surface area contributed by atoms with E-state index in [1.807, 2.05) is 25.1 Å². The summed E-state index contributed by atoms with van der Waals surface area (Å²) in [7, 11) is -1.85. The molecule has 0 atom stereocenters. The summed E-state index contributed by atoms with van der Waals surface area (Å²) in [5.74, 6) is 1.10. The van der Waals surface area contributed by atoms with Crippen LogP contribution >= 0.6 is 0 Å². The van der Waals surface area contributed by atoms with Crippen LogP contribution in [-0.4, -0.2) is 34.0 Å². The van der Waals surface area contributed by atoms with Gasteiger partial charge in [-0.25, -0.2) is 0 Å². The molecule has 0 saturated carbocycles. The Balaban J connectivity index is 1.79. The molecule has 0 radical (unpaired) electrons. The summed E-state index contributed by atoms with van der Waals surface area (Å²) < 4.78 is 12.0. The highest BCUT2D eigenvalue weighted by atomic mass is 28.4. The van der Waals surface area contributed by atoms with Gasteiger partial charge in [-0.1, -0.05) is 18.2 Å². The molecule has 0 aliphatic heterocycles. The maximum atomic E-state index is 9.74. The van der Waals surface area contributed by atoms with Gasteiger partial charge in [0.05, 0.1) is 7.11 Å². The Morgan fingerprint density at radius 1 is 0.767 bits per heavy atom. The van der Waals surface area contributed by atoms with E-state index in [1.54, 1.807) is 19.2 Å². The summed E-state index contributed by atoms with van der Waals surface area (Å²) in [6.45, 7) is 11.3. The molecule has 2 aromatic rings. The van der Waals surface area contributed by atoms with Crippen molar-refractivity contribution in [2.45, 2.75) is 70.9 Å². The van der Waals surface area contributed by atoms with Gasteiger partial charge in [0.25, 0.3) is 0 Å². The molecule has 0 amide bonds. The van der Waals surface area contributed by atoms with Gasteiger partial charge in [-0.05, 0) is 106 Å². The fraction of sp³-hybridized carbons (Fsp3) is 0.500. The first kappa shape index (κ1) is 24.5. The SMILES string of the molecule is COc1cc(CCC[Si](C)(C)O[Si](C)(C)CCCc2ccc(O)c(C)c2)ccc1O. The Hall–Kier alpha value is -1.77. The van der Waals surface area contributed by atoms with E-state index in [9.17, 15) is 10.2 Å². The van der Waals surface area contributed by atoms with Crippen LogP contribution in [0.4, 0.5) is 0 Å². The Morgan fingerprint density at radius 3 is 1.77 bits per heavy atom. The first-order chi connectivity index (χ1) is 14.0. The maximum Gasteiger partial charge on any atom is 0.173 e. The highest BCUT2D eigenvalue weighted by Gasteiger charge is 2.32. The number of hydrogen-bond donors (Lipinski definition) is 2. The molecule has 0 unspecified atom stereocenters. The van der Waals surface area contributed by atoms with Crippen LogP contribution in [-0.2, 0) is 17.0 Å². The maximum absolute atomic E-state index is 9.74. The first-order valence-electron chi connectivity index (χ1n) is 10.9. The molecule has 166 valence electrons. The fourth-order valence-corrected chi connectivity index (χ4v) is 12.9. The van der Waals surface area contributed by atoms with Crippen LogP contribution in [0.2, 0.25) is 38.3 Å². The molecule has 0 aromatic heterocycles. The second-order valence-electron chi connectivity index (χ2n) is 9.46. The standard InChI is InChI=1S/C24H38O4Si2/c1-19-17-20(11-13-22(19)25)9-7-15-29(3,4)28-30(5,6)16-8-10-21-12-14-23(26)24(18-21)27-2/h11-14,17-18,25-26H,7-10,15-16H2,1-6H3. The molecule has 2 aromatic carbocycles. The van der Waals surface area contributed by atoms with Gasteiger partial charge >= 0.3 is 0 Å². The molecule has 0 spiro atoms. The summed E-state index contributed by atoms with van der Waals surface area (Å²) in [5.41, 5.74) is 3.42. The molecule has 2 rings (SSSR count). The minimum atomic E-state index is -1.72. The number of phenolic OH excluding ortho intramolecular Hbond substituents is 2. The summed E-state index contributed by atoms with van der Waals surface area (Å²) >= 11 is 0. The van der Waals surface area contributed by atoms with Crippen molar-refractivity contribution in [1.82, 2.24) is 0 Å². The molecule has 0 aliphatic carbocycles. The fourth-order valence-electron chi connectivity index (χ4n) is 4.04. The highest BCUT2D eigenvalue weighted by Crippen LogP contribution is 2.29. The smallest absolute Gasteiger partial charge is 0.173 e. The van der Waals surface area contributed by atoms with Gasteiger partial charge in [-0.3, -0.25) is 0 Å². The molecule has 30 heavy (non-hydrogen) atoms. The van der Waals surface area contributed by atoms with Crippen molar-refractivity contribution in [3.8, 4) is 17.2 Å². The summed E-state index contributed by atoms with van der Waals surface area (Å²) in [5, 5.41) is 19.4. The van der Waals surface area contributed by atoms with Gasteiger partial charge in [0.2, 0.25) is 0 Å². The van der Waals surface area contributed by atoms with E-state index >= 15 is 0 Å². The van der Waals surface area contributed by atoms with Gasteiger partial charge < -0.3 is 19.1 Å². The number of phenols is 2. The average molecular weight is 447 g/mol. The van der Waals surface area contributed by atoms with E-state index in [1.165, 1.54) is 11.1 Å². The largest absolute Gasteiger partial charge is 0.508 e. The van der Waals surface area contributed by atoms with E-state index in [4.69, 9.17) is 8.85 Å². The predicted octanol–water partition coefficient (Wildman–Crippen LogP) is 6.41. The van der Waals surface area contributed by atoms with E-state index in [0.717, 1.165) is 43.3 Å². The van der Waals surface area contributed by atoms with E-state index in [-0.39, 0.29) is 5.75 Å². The van der Waals surface area contributed by atoms with Crippen LogP contribution in [0.5, 0.6) is 17.2 Å². The third-order valence-corrected chi connectivity index (χ3v) is 13.1. The molecule has 0 heterocycles. The summed E-state index contributed by atoms with van der Waals surface area (Å²) in [6, 6.07) is 13.8. The number of aryl methyl sites for hydroxylation is 3. The lowest BCUT2D eigenvalue weighted by atomic mass is 10.1. The van der Waals surface area contributed by atoms with Crippen LogP contribution in [0.1, 0.15) is 29.5 Å². The quantitative estimate of drug-likeness (QED) is 0.392. The van der Waals surface area contributed by atoms with Crippen LogP contribution < -0.4 is 4.74 Å². The molecule has 0 saturated heterocycles. The Labute approximate surface area is 184 Å². The zero-order valence-corrected chi connectivity index (χ0v) is 21.4. The van der Waals surface area contributed by atoms with Crippen LogP contribution in [0.15, 0.2) is 36.4 Å². The second-order valence-corrected chi connectivity index (χ2v) is 18.3. The molecular formula is C24H38O4Si2. The molecule has 0 bridgehead atoms. The van der Waals surface area contributed by atoms with Crippen LogP contribution in [0, 0.1) is 6.92 Å². The molecule has 0 fully saturated rings. The van der Waals surface area contributed by atoms with Crippen molar-refractivity contribution in [2.75, 3.05) is 7.11 Å². The van der Waals surface area contributed by atoms with Gasteiger partial charge in [0.1, 0.15) is 5.75 Å². The Kier molecular flexibility index (Phi) is 8.58. The first-order valence-corrected chi connectivity index (χ1v) is 17.1. The predicted molar refractivity (Wildman–Crippen MR) is 130 cm³/mol. The van der Waals surface area contributed by atoms with Crippen LogP contribution in [0.25, 0.3) is 0 Å². The lowest BCUT2D eigenvalue weighted by molar-refractivity contribution is 0.373. The second kappa shape index (κ2) is 10.5. The van der Waals surface area contributed by atoms with Crippen molar-refractivity contribution >= 4 is 16.6 Å². The normalized spacial score (nSPS) is 12.2. The third kappa shape index (κ3) is 7.81. The van der Waals surface area contributed by atoms with Crippen molar-refractivity contribution in [3.63, 3.8) is 0 Å². The van der Waals surface area contributed by atoms with E-state index in [0.29, 0.717) is 11.5 Å². The Bertz CT molecular complexity index is 834. The number of rotatable bonds is 11.